The van der Waals surface area contributed by atoms with Crippen LogP contribution in [0.2, 0.25) is 5.02 Å². The quantitative estimate of drug-likeness (QED) is 0.281. The van der Waals surface area contributed by atoms with Gasteiger partial charge >= 0.3 is 0 Å². The maximum absolute atomic E-state index is 13.8. The number of ketones is 1. The molecular formula is C27H23ClFNO3. The molecule has 0 aliphatic carbocycles. The Labute approximate surface area is 196 Å². The van der Waals surface area contributed by atoms with Gasteiger partial charge in [-0.15, -0.1) is 0 Å². The topological polar surface area (TPSA) is 57.6 Å². The summed E-state index contributed by atoms with van der Waals surface area (Å²) >= 11 is 5.98. The summed E-state index contributed by atoms with van der Waals surface area (Å²) in [5, 5.41) is 11.1. The van der Waals surface area contributed by atoms with Crippen LogP contribution in [-0.2, 0) is 16.0 Å². The van der Waals surface area contributed by atoms with E-state index in [0.29, 0.717) is 11.1 Å². The average molecular weight is 464 g/mol. The molecule has 4 rings (SSSR count). The molecule has 3 aromatic carbocycles. The smallest absolute Gasteiger partial charge is 0.300 e. The Kier molecular flexibility index (Phi) is 6.09. The van der Waals surface area contributed by atoms with Gasteiger partial charge in [-0.1, -0.05) is 54.9 Å². The highest BCUT2D eigenvalue weighted by atomic mass is 35.5. The van der Waals surface area contributed by atoms with Crippen molar-refractivity contribution < 1.29 is 19.1 Å². The number of benzene rings is 3. The Hall–Kier alpha value is -3.44. The van der Waals surface area contributed by atoms with E-state index in [4.69, 9.17) is 11.6 Å². The van der Waals surface area contributed by atoms with E-state index >= 15 is 0 Å². The van der Waals surface area contributed by atoms with Crippen LogP contribution in [0.3, 0.4) is 0 Å². The summed E-state index contributed by atoms with van der Waals surface area (Å²) in [6.45, 7) is 5.89. The van der Waals surface area contributed by atoms with Gasteiger partial charge in [0.05, 0.1) is 16.6 Å². The fraction of sp³-hybridized carbons (Fsp3) is 0.185. The van der Waals surface area contributed by atoms with Crippen molar-refractivity contribution in [2.45, 2.75) is 33.2 Å². The normalized spacial score (nSPS) is 17.6. The fourth-order valence-electron chi connectivity index (χ4n) is 4.03. The third kappa shape index (κ3) is 4.05. The zero-order valence-electron chi connectivity index (χ0n) is 18.5. The zero-order valence-corrected chi connectivity index (χ0v) is 19.3. The molecule has 0 spiro atoms. The molecule has 1 saturated heterocycles. The van der Waals surface area contributed by atoms with E-state index < -0.39 is 23.5 Å². The number of amides is 1. The van der Waals surface area contributed by atoms with Gasteiger partial charge < -0.3 is 5.11 Å². The summed E-state index contributed by atoms with van der Waals surface area (Å²) < 4.78 is 13.8. The van der Waals surface area contributed by atoms with Crippen molar-refractivity contribution >= 4 is 34.7 Å². The summed E-state index contributed by atoms with van der Waals surface area (Å²) in [6, 6.07) is 15.8. The fourth-order valence-corrected chi connectivity index (χ4v) is 4.20. The number of Topliss-reactive ketones (excluding diaryl/α,β-unsaturated/α-hetero) is 1. The predicted molar refractivity (Wildman–Crippen MR) is 128 cm³/mol. The Bertz CT molecular complexity index is 1300. The summed E-state index contributed by atoms with van der Waals surface area (Å²) in [6.07, 6.45) is 0.830. The molecule has 1 aliphatic rings. The van der Waals surface area contributed by atoms with E-state index in [1.165, 1.54) is 17.0 Å². The lowest BCUT2D eigenvalue weighted by molar-refractivity contribution is -0.132. The Balaban J connectivity index is 1.95. The summed E-state index contributed by atoms with van der Waals surface area (Å²) in [4.78, 5) is 27.6. The van der Waals surface area contributed by atoms with E-state index in [2.05, 4.69) is 0 Å². The molecule has 1 amide bonds. The van der Waals surface area contributed by atoms with E-state index in [-0.39, 0.29) is 22.0 Å². The molecule has 33 heavy (non-hydrogen) atoms. The van der Waals surface area contributed by atoms with Crippen molar-refractivity contribution in [3.8, 4) is 0 Å². The van der Waals surface area contributed by atoms with Crippen LogP contribution in [0.25, 0.3) is 5.76 Å². The second-order valence-corrected chi connectivity index (χ2v) is 8.57. The predicted octanol–water partition coefficient (Wildman–Crippen LogP) is 6.28. The van der Waals surface area contributed by atoms with E-state index in [1.54, 1.807) is 12.1 Å². The Morgan fingerprint density at radius 2 is 1.70 bits per heavy atom. The number of nitrogens with zero attached hydrogens (tertiary/aromatic N) is 1. The largest absolute Gasteiger partial charge is 0.507 e. The van der Waals surface area contributed by atoms with Crippen molar-refractivity contribution in [2.24, 2.45) is 0 Å². The third-order valence-electron chi connectivity index (χ3n) is 6.11. The summed E-state index contributed by atoms with van der Waals surface area (Å²) in [7, 11) is 0. The lowest BCUT2D eigenvalue weighted by Crippen LogP contribution is -2.29. The lowest BCUT2D eigenvalue weighted by Gasteiger charge is -2.26. The van der Waals surface area contributed by atoms with Gasteiger partial charge in [0.15, 0.2) is 0 Å². The second-order valence-electron chi connectivity index (χ2n) is 8.16. The number of aryl methyl sites for hydroxylation is 3. The van der Waals surface area contributed by atoms with Crippen LogP contribution in [0.4, 0.5) is 10.1 Å². The van der Waals surface area contributed by atoms with Crippen LogP contribution in [0.5, 0.6) is 0 Å². The molecule has 168 valence electrons. The monoisotopic (exact) mass is 463 g/mol. The number of rotatable bonds is 4. The number of anilines is 1. The van der Waals surface area contributed by atoms with Gasteiger partial charge in [0.1, 0.15) is 11.6 Å². The van der Waals surface area contributed by atoms with Crippen LogP contribution in [0.1, 0.15) is 40.8 Å². The molecule has 4 nitrogen and oxygen atoms in total. The molecule has 0 bridgehead atoms. The maximum atomic E-state index is 13.8. The molecule has 0 saturated carbocycles. The van der Waals surface area contributed by atoms with Crippen LogP contribution in [0.15, 0.2) is 66.2 Å². The highest BCUT2D eigenvalue weighted by Gasteiger charge is 2.47. The lowest BCUT2D eigenvalue weighted by atomic mass is 9.93. The van der Waals surface area contributed by atoms with Crippen molar-refractivity contribution in [1.82, 2.24) is 0 Å². The maximum Gasteiger partial charge on any atom is 0.300 e. The molecule has 1 atom stereocenters. The molecule has 0 aromatic heterocycles. The van der Waals surface area contributed by atoms with Crippen molar-refractivity contribution in [3.63, 3.8) is 0 Å². The summed E-state index contributed by atoms with van der Waals surface area (Å²) in [5.74, 6) is -2.50. The van der Waals surface area contributed by atoms with Gasteiger partial charge in [0, 0.05) is 11.3 Å². The first-order valence-electron chi connectivity index (χ1n) is 10.7. The zero-order chi connectivity index (χ0) is 23.9. The van der Waals surface area contributed by atoms with Gasteiger partial charge in [-0.25, -0.2) is 4.39 Å². The highest BCUT2D eigenvalue weighted by Crippen LogP contribution is 2.43. The number of hydrogen-bond acceptors (Lipinski definition) is 3. The van der Waals surface area contributed by atoms with Crippen LogP contribution in [-0.4, -0.2) is 16.8 Å². The molecular weight excluding hydrogens is 441 g/mol. The first-order valence-corrected chi connectivity index (χ1v) is 11.0. The van der Waals surface area contributed by atoms with Gasteiger partial charge in [-0.05, 0) is 66.8 Å². The van der Waals surface area contributed by atoms with Gasteiger partial charge in [-0.2, -0.15) is 0 Å². The van der Waals surface area contributed by atoms with Crippen molar-refractivity contribution in [2.75, 3.05) is 4.90 Å². The number of carbonyl (C=O) groups is 2. The number of aliphatic hydroxyl groups excluding tert-OH is 1. The van der Waals surface area contributed by atoms with Crippen molar-refractivity contribution in [1.29, 1.82) is 0 Å². The molecule has 1 aliphatic heterocycles. The molecule has 1 N–H and O–H groups in total. The summed E-state index contributed by atoms with van der Waals surface area (Å²) in [5.41, 5.74) is 4.43. The number of halogens is 2. The Morgan fingerprint density at radius 1 is 1.00 bits per heavy atom. The minimum atomic E-state index is -0.890. The van der Waals surface area contributed by atoms with E-state index in [9.17, 15) is 19.1 Å². The molecule has 1 heterocycles. The average Bonchev–Trinajstić information content (AvgIpc) is 3.07. The first-order chi connectivity index (χ1) is 15.7. The molecule has 3 aromatic rings. The first kappa shape index (κ1) is 22.7. The second kappa shape index (κ2) is 8.83. The number of carbonyl (C=O) groups excluding carboxylic acids is 2. The van der Waals surface area contributed by atoms with Crippen LogP contribution >= 0.6 is 11.6 Å². The Morgan fingerprint density at radius 3 is 2.30 bits per heavy atom. The standard InChI is InChI=1S/C27H23ClFNO3/c1-4-17-6-9-18(10-7-17)24-23(25(31)19-8-5-15(2)16(3)13-19)26(32)27(33)30(24)20-11-12-22(29)21(28)14-20/h5-14,24,31H,4H2,1-3H3/b25-23+. The van der Waals surface area contributed by atoms with E-state index in [1.807, 2.05) is 51.1 Å². The van der Waals surface area contributed by atoms with Crippen LogP contribution < -0.4 is 4.90 Å². The molecule has 1 fully saturated rings. The number of aliphatic hydroxyl groups is 1. The van der Waals surface area contributed by atoms with Gasteiger partial charge in [0.25, 0.3) is 11.7 Å². The van der Waals surface area contributed by atoms with Crippen LogP contribution in [0, 0.1) is 19.7 Å². The third-order valence-corrected chi connectivity index (χ3v) is 6.40. The minimum Gasteiger partial charge on any atom is -0.507 e. The molecule has 0 radical (unpaired) electrons. The molecule has 1 unspecified atom stereocenters. The van der Waals surface area contributed by atoms with Gasteiger partial charge in [-0.3, -0.25) is 14.5 Å². The van der Waals surface area contributed by atoms with Gasteiger partial charge in [0.2, 0.25) is 0 Å². The SMILES string of the molecule is CCc1ccc(C2/C(=C(\O)c3ccc(C)c(C)c3)C(=O)C(=O)N2c2ccc(F)c(Cl)c2)cc1. The highest BCUT2D eigenvalue weighted by molar-refractivity contribution is 6.51. The van der Waals surface area contributed by atoms with Crippen molar-refractivity contribution in [3.05, 3.63) is 105 Å². The van der Waals surface area contributed by atoms with E-state index in [0.717, 1.165) is 29.2 Å². The minimum absolute atomic E-state index is 0.0204. The molecule has 6 heteroatoms. The number of hydrogen-bond donors (Lipinski definition) is 1.